The van der Waals surface area contributed by atoms with Gasteiger partial charge in [-0.1, -0.05) is 23.9 Å². The van der Waals surface area contributed by atoms with Crippen LogP contribution in [0.4, 0.5) is 4.39 Å². The van der Waals surface area contributed by atoms with Crippen molar-refractivity contribution in [2.75, 3.05) is 12.8 Å². The second-order valence-electron chi connectivity index (χ2n) is 4.13. The molecule has 3 nitrogen and oxygen atoms in total. The maximum absolute atomic E-state index is 12.7. The molecule has 0 saturated carbocycles. The quantitative estimate of drug-likeness (QED) is 0.500. The molecule has 5 heteroatoms. The number of hydrogen-bond donors (Lipinski definition) is 1. The molecule has 0 fully saturated rings. The van der Waals surface area contributed by atoms with Crippen molar-refractivity contribution in [3.05, 3.63) is 53.6 Å². The molecule has 0 saturated heterocycles. The van der Waals surface area contributed by atoms with Crippen LogP contribution in [-0.2, 0) is 13.0 Å². The standard InChI is InChI=1S/C14H16FN3S/c1-19-14-17-9-12(10-18-14)8-16-7-6-11-2-4-13(15)5-3-11/h2-5,9-10,16H,6-8H2,1H3. The normalized spacial score (nSPS) is 10.6. The lowest BCUT2D eigenvalue weighted by atomic mass is 10.1. The van der Waals surface area contributed by atoms with Crippen molar-refractivity contribution >= 4 is 11.8 Å². The van der Waals surface area contributed by atoms with E-state index in [0.29, 0.717) is 0 Å². The van der Waals surface area contributed by atoms with Gasteiger partial charge in [0.25, 0.3) is 0 Å². The summed E-state index contributed by atoms with van der Waals surface area (Å²) < 4.78 is 12.7. The topological polar surface area (TPSA) is 37.8 Å². The molecule has 0 atom stereocenters. The monoisotopic (exact) mass is 277 g/mol. The molecule has 2 rings (SSSR count). The second-order valence-corrected chi connectivity index (χ2v) is 4.90. The van der Waals surface area contributed by atoms with Crippen LogP contribution >= 0.6 is 11.8 Å². The highest BCUT2D eigenvalue weighted by atomic mass is 32.2. The van der Waals surface area contributed by atoms with Gasteiger partial charge in [-0.25, -0.2) is 14.4 Å². The summed E-state index contributed by atoms with van der Waals surface area (Å²) in [5, 5.41) is 4.11. The minimum atomic E-state index is -0.192. The lowest BCUT2D eigenvalue weighted by Crippen LogP contribution is -2.17. The minimum Gasteiger partial charge on any atom is -0.312 e. The Labute approximate surface area is 116 Å². The molecule has 0 bridgehead atoms. The Morgan fingerprint density at radius 3 is 2.42 bits per heavy atom. The van der Waals surface area contributed by atoms with Crippen molar-refractivity contribution in [2.45, 2.75) is 18.1 Å². The van der Waals surface area contributed by atoms with E-state index < -0.39 is 0 Å². The van der Waals surface area contributed by atoms with Crippen LogP contribution in [0.2, 0.25) is 0 Å². The van der Waals surface area contributed by atoms with Crippen molar-refractivity contribution in [1.29, 1.82) is 0 Å². The first-order valence-electron chi connectivity index (χ1n) is 6.08. The van der Waals surface area contributed by atoms with Gasteiger partial charge in [0, 0.05) is 24.5 Å². The molecule has 0 aliphatic rings. The third kappa shape index (κ3) is 4.61. The van der Waals surface area contributed by atoms with Gasteiger partial charge in [-0.15, -0.1) is 0 Å². The number of rotatable bonds is 6. The summed E-state index contributed by atoms with van der Waals surface area (Å²) in [4.78, 5) is 8.43. The second kappa shape index (κ2) is 7.21. The van der Waals surface area contributed by atoms with E-state index in [9.17, 15) is 4.39 Å². The highest BCUT2D eigenvalue weighted by Gasteiger charge is 1.97. The maximum Gasteiger partial charge on any atom is 0.187 e. The van der Waals surface area contributed by atoms with Crippen molar-refractivity contribution < 1.29 is 4.39 Å². The van der Waals surface area contributed by atoms with E-state index in [4.69, 9.17) is 0 Å². The Hall–Kier alpha value is -1.46. The first kappa shape index (κ1) is 14.0. The molecule has 0 amide bonds. The van der Waals surface area contributed by atoms with Crippen LogP contribution in [0.15, 0.2) is 41.8 Å². The van der Waals surface area contributed by atoms with Gasteiger partial charge < -0.3 is 5.32 Å². The van der Waals surface area contributed by atoms with Gasteiger partial charge in [0.2, 0.25) is 0 Å². The zero-order chi connectivity index (χ0) is 13.5. The number of nitrogens with zero attached hydrogens (tertiary/aromatic N) is 2. The van der Waals surface area contributed by atoms with Crippen LogP contribution in [0.1, 0.15) is 11.1 Å². The van der Waals surface area contributed by atoms with Gasteiger partial charge in [0.15, 0.2) is 5.16 Å². The third-order valence-electron chi connectivity index (χ3n) is 2.70. The molecule has 2 aromatic rings. The number of benzene rings is 1. The van der Waals surface area contributed by atoms with Crippen LogP contribution in [0.25, 0.3) is 0 Å². The molecule has 1 N–H and O–H groups in total. The van der Waals surface area contributed by atoms with Gasteiger partial charge in [0.05, 0.1) is 0 Å². The molecule has 19 heavy (non-hydrogen) atoms. The lowest BCUT2D eigenvalue weighted by molar-refractivity contribution is 0.625. The average molecular weight is 277 g/mol. The molecular weight excluding hydrogens is 261 g/mol. The summed E-state index contributed by atoms with van der Waals surface area (Å²) in [6.45, 7) is 1.59. The number of thioether (sulfide) groups is 1. The van der Waals surface area contributed by atoms with Crippen molar-refractivity contribution in [1.82, 2.24) is 15.3 Å². The number of nitrogens with one attached hydrogen (secondary N) is 1. The fourth-order valence-corrected chi connectivity index (χ4v) is 1.97. The van der Waals surface area contributed by atoms with Crippen LogP contribution in [0.5, 0.6) is 0 Å². The molecule has 0 radical (unpaired) electrons. The molecule has 0 unspecified atom stereocenters. The average Bonchev–Trinajstić information content (AvgIpc) is 2.46. The summed E-state index contributed by atoms with van der Waals surface area (Å²) in [6.07, 6.45) is 6.51. The SMILES string of the molecule is CSc1ncc(CNCCc2ccc(F)cc2)cn1. The van der Waals surface area contributed by atoms with Gasteiger partial charge in [-0.2, -0.15) is 0 Å². The van der Waals surface area contributed by atoms with E-state index in [1.807, 2.05) is 30.8 Å². The van der Waals surface area contributed by atoms with E-state index >= 15 is 0 Å². The minimum absolute atomic E-state index is 0.192. The zero-order valence-corrected chi connectivity index (χ0v) is 11.6. The fourth-order valence-electron chi connectivity index (χ4n) is 1.66. The first-order chi connectivity index (χ1) is 9.28. The molecule has 100 valence electrons. The molecule has 0 spiro atoms. The largest absolute Gasteiger partial charge is 0.312 e. The number of hydrogen-bond acceptors (Lipinski definition) is 4. The Kier molecular flexibility index (Phi) is 5.30. The van der Waals surface area contributed by atoms with Crippen LogP contribution in [0.3, 0.4) is 0 Å². The van der Waals surface area contributed by atoms with Crippen molar-refractivity contribution in [2.24, 2.45) is 0 Å². The molecule has 1 aromatic carbocycles. The zero-order valence-electron chi connectivity index (χ0n) is 10.8. The van der Waals surface area contributed by atoms with E-state index in [0.717, 1.165) is 35.8 Å². The third-order valence-corrected chi connectivity index (χ3v) is 3.27. The predicted molar refractivity (Wildman–Crippen MR) is 75.6 cm³/mol. The van der Waals surface area contributed by atoms with Crippen molar-refractivity contribution in [3.8, 4) is 0 Å². The summed E-state index contributed by atoms with van der Waals surface area (Å²) in [5.41, 5.74) is 2.19. The number of aromatic nitrogens is 2. The predicted octanol–water partition coefficient (Wildman–Crippen LogP) is 2.67. The number of halogens is 1. The summed E-state index contributed by atoms with van der Waals surface area (Å²) in [5.74, 6) is -0.192. The fraction of sp³-hybridized carbons (Fsp3) is 0.286. The van der Waals surface area contributed by atoms with Gasteiger partial charge in [0.1, 0.15) is 5.82 Å². The van der Waals surface area contributed by atoms with E-state index in [-0.39, 0.29) is 5.82 Å². The van der Waals surface area contributed by atoms with E-state index in [1.54, 1.807) is 0 Å². The highest BCUT2D eigenvalue weighted by Crippen LogP contribution is 2.07. The van der Waals surface area contributed by atoms with Crippen LogP contribution in [0, 0.1) is 5.82 Å². The Balaban J connectivity index is 1.72. The van der Waals surface area contributed by atoms with Crippen LogP contribution < -0.4 is 5.32 Å². The van der Waals surface area contributed by atoms with Gasteiger partial charge >= 0.3 is 0 Å². The summed E-state index contributed by atoms with van der Waals surface area (Å²) in [7, 11) is 0. The summed E-state index contributed by atoms with van der Waals surface area (Å²) >= 11 is 1.53. The highest BCUT2D eigenvalue weighted by molar-refractivity contribution is 7.98. The molecule has 0 aliphatic carbocycles. The Morgan fingerprint density at radius 1 is 1.11 bits per heavy atom. The Bertz CT molecular complexity index is 499. The molecule has 1 aromatic heterocycles. The smallest absolute Gasteiger partial charge is 0.187 e. The van der Waals surface area contributed by atoms with Crippen molar-refractivity contribution in [3.63, 3.8) is 0 Å². The lowest BCUT2D eigenvalue weighted by Gasteiger charge is -2.05. The van der Waals surface area contributed by atoms with Gasteiger partial charge in [-0.3, -0.25) is 0 Å². The van der Waals surface area contributed by atoms with Gasteiger partial charge in [-0.05, 0) is 36.9 Å². The molecular formula is C14H16FN3S. The Morgan fingerprint density at radius 2 is 1.79 bits per heavy atom. The maximum atomic E-state index is 12.7. The first-order valence-corrected chi connectivity index (χ1v) is 7.30. The van der Waals surface area contributed by atoms with E-state index in [1.165, 1.54) is 23.9 Å². The summed E-state index contributed by atoms with van der Waals surface area (Å²) in [6, 6.07) is 6.61. The van der Waals surface area contributed by atoms with Crippen LogP contribution in [-0.4, -0.2) is 22.8 Å². The molecule has 0 aliphatic heterocycles. The van der Waals surface area contributed by atoms with E-state index in [2.05, 4.69) is 15.3 Å². The molecule has 1 heterocycles.